The number of aromatic hydroxyl groups is 1. The molecule has 0 unspecified atom stereocenters. The summed E-state index contributed by atoms with van der Waals surface area (Å²) >= 11 is 0. The molecule has 0 atom stereocenters. The Morgan fingerprint density at radius 2 is 2.22 bits per heavy atom. The number of ether oxygens (including phenoxy) is 1. The fourth-order valence-electron chi connectivity index (χ4n) is 1.47. The molecule has 0 fully saturated rings. The van der Waals surface area contributed by atoms with Crippen molar-refractivity contribution < 1.29 is 14.6 Å². The van der Waals surface area contributed by atoms with Crippen molar-refractivity contribution in [3.8, 4) is 5.88 Å². The Bertz CT molecular complexity index is 584. The smallest absolute Gasteiger partial charge is 0.412 e. The lowest BCUT2D eigenvalue weighted by molar-refractivity contribution is 0.0636. The van der Waals surface area contributed by atoms with Gasteiger partial charge in [-0.3, -0.25) is 5.32 Å². The lowest BCUT2D eigenvalue weighted by Crippen LogP contribution is -2.27. The van der Waals surface area contributed by atoms with E-state index in [4.69, 9.17) is 4.74 Å². The van der Waals surface area contributed by atoms with E-state index in [0.29, 0.717) is 11.3 Å². The summed E-state index contributed by atoms with van der Waals surface area (Å²) in [4.78, 5) is 15.4. The van der Waals surface area contributed by atoms with Gasteiger partial charge in [-0.15, -0.1) is 0 Å². The molecule has 0 aliphatic heterocycles. The van der Waals surface area contributed by atoms with E-state index in [9.17, 15) is 9.90 Å². The first-order valence-corrected chi connectivity index (χ1v) is 5.51. The lowest BCUT2D eigenvalue weighted by atomic mass is 10.2. The van der Waals surface area contributed by atoms with Crippen molar-refractivity contribution in [2.24, 2.45) is 0 Å². The second kappa shape index (κ2) is 4.21. The van der Waals surface area contributed by atoms with Crippen molar-refractivity contribution in [1.29, 1.82) is 0 Å². The van der Waals surface area contributed by atoms with Gasteiger partial charge >= 0.3 is 6.09 Å². The number of carbonyl (C=O) groups is 1. The predicted molar refractivity (Wildman–Crippen MR) is 66.7 cm³/mol. The van der Waals surface area contributed by atoms with Crippen LogP contribution < -0.4 is 5.32 Å². The third-order valence-corrected chi connectivity index (χ3v) is 2.09. The first-order valence-electron chi connectivity index (χ1n) is 5.51. The van der Waals surface area contributed by atoms with Crippen LogP contribution in [-0.4, -0.2) is 26.2 Å². The number of anilines is 1. The molecule has 2 rings (SSSR count). The molecule has 1 amide bonds. The highest BCUT2D eigenvalue weighted by molar-refractivity contribution is 5.85. The quantitative estimate of drug-likeness (QED) is 0.813. The Morgan fingerprint density at radius 3 is 2.89 bits per heavy atom. The number of hydrogen-bond acceptors (Lipinski definition) is 4. The largest absolute Gasteiger partial charge is 0.492 e. The molecule has 6 nitrogen and oxygen atoms in total. The molecular weight excluding hydrogens is 234 g/mol. The summed E-state index contributed by atoms with van der Waals surface area (Å²) in [5, 5.41) is 11.8. The summed E-state index contributed by atoms with van der Waals surface area (Å²) in [6.45, 7) is 5.38. The maximum absolute atomic E-state index is 11.6. The van der Waals surface area contributed by atoms with Gasteiger partial charge in [-0.25, -0.2) is 4.79 Å². The van der Waals surface area contributed by atoms with Crippen LogP contribution in [0, 0.1) is 0 Å². The lowest BCUT2D eigenvalue weighted by Gasteiger charge is -2.19. The van der Waals surface area contributed by atoms with Crippen LogP contribution in [0.3, 0.4) is 0 Å². The van der Waals surface area contributed by atoms with Gasteiger partial charge in [-0.1, -0.05) is 0 Å². The highest BCUT2D eigenvalue weighted by Gasteiger charge is 2.16. The fourth-order valence-corrected chi connectivity index (χ4v) is 1.47. The standard InChI is InChI=1S/C12H15N3O3/c1-12(2,3)18-11(17)13-8-4-5-15-7-10(16)14-9(15)6-8/h4-7,16H,1-3H3,(H,13,17). The van der Waals surface area contributed by atoms with Crippen LogP contribution in [0.1, 0.15) is 20.8 Å². The molecule has 0 saturated carbocycles. The maximum atomic E-state index is 11.6. The average molecular weight is 249 g/mol. The summed E-state index contributed by atoms with van der Waals surface area (Å²) in [6.07, 6.45) is 2.64. The Hall–Kier alpha value is -2.24. The second-order valence-electron chi connectivity index (χ2n) is 4.91. The molecule has 0 bridgehead atoms. The fraction of sp³-hybridized carbons (Fsp3) is 0.333. The first kappa shape index (κ1) is 12.2. The minimum atomic E-state index is -0.542. The monoisotopic (exact) mass is 249 g/mol. The molecular formula is C12H15N3O3. The Labute approximate surface area is 104 Å². The number of fused-ring (bicyclic) bond motifs is 1. The first-order chi connectivity index (χ1) is 8.33. The number of rotatable bonds is 1. The predicted octanol–water partition coefficient (Wildman–Crippen LogP) is 2.39. The van der Waals surface area contributed by atoms with Crippen LogP contribution in [0.25, 0.3) is 5.65 Å². The number of nitrogens with zero attached hydrogens (tertiary/aromatic N) is 2. The van der Waals surface area contributed by atoms with Gasteiger partial charge in [0.05, 0.1) is 6.20 Å². The second-order valence-corrected chi connectivity index (χ2v) is 4.91. The van der Waals surface area contributed by atoms with Gasteiger partial charge in [0.25, 0.3) is 0 Å². The van der Waals surface area contributed by atoms with Gasteiger partial charge in [-0.05, 0) is 26.8 Å². The third-order valence-electron chi connectivity index (χ3n) is 2.09. The van der Waals surface area contributed by atoms with Gasteiger partial charge in [-0.2, -0.15) is 4.98 Å². The molecule has 2 aromatic heterocycles. The van der Waals surface area contributed by atoms with E-state index < -0.39 is 11.7 Å². The Morgan fingerprint density at radius 1 is 1.50 bits per heavy atom. The zero-order valence-corrected chi connectivity index (χ0v) is 10.5. The van der Waals surface area contributed by atoms with Gasteiger partial charge in [0.1, 0.15) is 11.2 Å². The number of carbonyl (C=O) groups excluding carboxylic acids is 1. The molecule has 18 heavy (non-hydrogen) atoms. The van der Waals surface area contributed by atoms with Crippen LogP contribution in [-0.2, 0) is 4.74 Å². The van der Waals surface area contributed by atoms with E-state index in [-0.39, 0.29) is 5.88 Å². The molecule has 6 heteroatoms. The van der Waals surface area contributed by atoms with Crippen LogP contribution in [0.4, 0.5) is 10.5 Å². The van der Waals surface area contributed by atoms with Crippen molar-refractivity contribution in [3.63, 3.8) is 0 Å². The van der Waals surface area contributed by atoms with Gasteiger partial charge in [0.15, 0.2) is 0 Å². The summed E-state index contributed by atoms with van der Waals surface area (Å²) in [7, 11) is 0. The van der Waals surface area contributed by atoms with Crippen LogP contribution in [0.15, 0.2) is 24.5 Å². The van der Waals surface area contributed by atoms with E-state index in [0.717, 1.165) is 0 Å². The molecule has 0 aliphatic carbocycles. The normalized spacial score (nSPS) is 11.5. The zero-order chi connectivity index (χ0) is 13.3. The summed E-state index contributed by atoms with van der Waals surface area (Å²) in [5.74, 6) is -0.0654. The third kappa shape index (κ3) is 2.91. The van der Waals surface area contributed by atoms with E-state index in [1.807, 2.05) is 0 Å². The van der Waals surface area contributed by atoms with Crippen molar-refractivity contribution in [3.05, 3.63) is 24.5 Å². The molecule has 0 saturated heterocycles. The highest BCUT2D eigenvalue weighted by atomic mass is 16.6. The molecule has 2 aromatic rings. The van der Waals surface area contributed by atoms with Crippen molar-refractivity contribution in [2.75, 3.05) is 5.32 Å². The van der Waals surface area contributed by atoms with E-state index in [1.165, 1.54) is 6.20 Å². The van der Waals surface area contributed by atoms with Crippen LogP contribution >= 0.6 is 0 Å². The molecule has 96 valence electrons. The molecule has 0 spiro atoms. The summed E-state index contributed by atoms with van der Waals surface area (Å²) in [5.41, 5.74) is 0.558. The average Bonchev–Trinajstić information content (AvgIpc) is 2.53. The number of hydrogen-bond donors (Lipinski definition) is 2. The number of amides is 1. The number of imidazole rings is 1. The maximum Gasteiger partial charge on any atom is 0.412 e. The number of pyridine rings is 1. The SMILES string of the molecule is CC(C)(C)OC(=O)Nc1ccn2cc(O)nc2c1. The van der Waals surface area contributed by atoms with Crippen molar-refractivity contribution in [2.45, 2.75) is 26.4 Å². The molecule has 0 aliphatic rings. The Kier molecular flexibility index (Phi) is 2.86. The van der Waals surface area contributed by atoms with E-state index in [1.54, 1.807) is 43.5 Å². The highest BCUT2D eigenvalue weighted by Crippen LogP contribution is 2.16. The van der Waals surface area contributed by atoms with Gasteiger partial charge < -0.3 is 14.2 Å². The molecule has 0 aromatic carbocycles. The van der Waals surface area contributed by atoms with Crippen molar-refractivity contribution in [1.82, 2.24) is 9.38 Å². The van der Waals surface area contributed by atoms with Crippen molar-refractivity contribution >= 4 is 17.4 Å². The van der Waals surface area contributed by atoms with E-state index in [2.05, 4.69) is 10.3 Å². The minimum absolute atomic E-state index is 0.0654. The van der Waals surface area contributed by atoms with E-state index >= 15 is 0 Å². The molecule has 2 N–H and O–H groups in total. The van der Waals surface area contributed by atoms with Gasteiger partial charge in [0, 0.05) is 18.0 Å². The molecule has 2 heterocycles. The van der Waals surface area contributed by atoms with Gasteiger partial charge in [0.2, 0.25) is 5.88 Å². The zero-order valence-electron chi connectivity index (χ0n) is 10.5. The Balaban J connectivity index is 2.14. The topological polar surface area (TPSA) is 75.9 Å². The molecule has 0 radical (unpaired) electrons. The number of nitrogens with one attached hydrogen (secondary N) is 1. The minimum Gasteiger partial charge on any atom is -0.492 e. The van der Waals surface area contributed by atoms with Crippen LogP contribution in [0.5, 0.6) is 5.88 Å². The van der Waals surface area contributed by atoms with Crippen LogP contribution in [0.2, 0.25) is 0 Å². The number of aromatic nitrogens is 2. The summed E-state index contributed by atoms with van der Waals surface area (Å²) in [6, 6.07) is 3.34. The summed E-state index contributed by atoms with van der Waals surface area (Å²) < 4.78 is 6.78.